The second kappa shape index (κ2) is 7.70. The Labute approximate surface area is 145 Å². The number of carbonyl (C=O) groups excluding carboxylic acids is 2. The minimum atomic E-state index is -0.733. The summed E-state index contributed by atoms with van der Waals surface area (Å²) in [6.45, 7) is 0.434. The lowest BCUT2D eigenvalue weighted by molar-refractivity contribution is -0.123. The van der Waals surface area contributed by atoms with E-state index in [0.29, 0.717) is 30.9 Å². The Kier molecular flexibility index (Phi) is 5.18. The number of carbonyl (C=O) groups is 2. The van der Waals surface area contributed by atoms with Crippen molar-refractivity contribution in [3.63, 3.8) is 0 Å². The third-order valence-electron chi connectivity index (χ3n) is 3.93. The Balaban J connectivity index is 1.65. The fourth-order valence-electron chi connectivity index (χ4n) is 2.61. The molecule has 3 rings (SSSR count). The molecule has 1 aliphatic rings. The number of methoxy groups -OCH3 is 1. The van der Waals surface area contributed by atoms with Gasteiger partial charge in [-0.05, 0) is 36.1 Å². The highest BCUT2D eigenvalue weighted by Crippen LogP contribution is 2.29. The maximum absolute atomic E-state index is 11.5. The van der Waals surface area contributed by atoms with Gasteiger partial charge < -0.3 is 14.2 Å². The van der Waals surface area contributed by atoms with Crippen LogP contribution in [-0.2, 0) is 22.6 Å². The zero-order valence-electron chi connectivity index (χ0n) is 13.9. The summed E-state index contributed by atoms with van der Waals surface area (Å²) in [5.74, 6) is 0.889. The van der Waals surface area contributed by atoms with Crippen LogP contribution >= 0.6 is 0 Å². The first-order valence-corrected chi connectivity index (χ1v) is 8.01. The molecule has 0 aromatic heterocycles. The van der Waals surface area contributed by atoms with E-state index < -0.39 is 12.2 Å². The van der Waals surface area contributed by atoms with Crippen molar-refractivity contribution in [1.82, 2.24) is 5.32 Å². The predicted molar refractivity (Wildman–Crippen MR) is 90.5 cm³/mol. The summed E-state index contributed by atoms with van der Waals surface area (Å²) in [5, 5.41) is 2.13. The topological polar surface area (TPSA) is 73.9 Å². The highest BCUT2D eigenvalue weighted by molar-refractivity contribution is 5.99. The zero-order valence-corrected chi connectivity index (χ0v) is 13.9. The number of benzene rings is 2. The smallest absolute Gasteiger partial charge is 0.414 e. The predicted octanol–water partition coefficient (Wildman–Crippen LogP) is 2.84. The lowest BCUT2D eigenvalue weighted by Crippen LogP contribution is -2.24. The number of aryl methyl sites for hydroxylation is 1. The third kappa shape index (κ3) is 4.29. The van der Waals surface area contributed by atoms with Crippen LogP contribution in [0.5, 0.6) is 11.5 Å². The van der Waals surface area contributed by atoms with Gasteiger partial charge >= 0.3 is 6.09 Å². The molecule has 130 valence electrons. The second-order valence-corrected chi connectivity index (χ2v) is 5.68. The molecule has 0 radical (unpaired) electrons. The van der Waals surface area contributed by atoms with Gasteiger partial charge in [-0.2, -0.15) is 0 Å². The Morgan fingerprint density at radius 2 is 1.84 bits per heavy atom. The highest BCUT2D eigenvalue weighted by atomic mass is 16.6. The molecule has 1 fully saturated rings. The van der Waals surface area contributed by atoms with Gasteiger partial charge in [0, 0.05) is 0 Å². The normalized spacial score (nSPS) is 16.3. The van der Waals surface area contributed by atoms with Crippen molar-refractivity contribution in [2.45, 2.75) is 25.6 Å². The first kappa shape index (κ1) is 16.8. The molecule has 1 aliphatic heterocycles. The summed E-state index contributed by atoms with van der Waals surface area (Å²) in [4.78, 5) is 22.6. The second-order valence-electron chi connectivity index (χ2n) is 5.68. The van der Waals surface area contributed by atoms with E-state index in [0.717, 1.165) is 11.1 Å². The molecule has 2 amide bonds. The van der Waals surface area contributed by atoms with E-state index in [4.69, 9.17) is 14.2 Å². The van der Waals surface area contributed by atoms with E-state index in [1.54, 1.807) is 7.11 Å². The van der Waals surface area contributed by atoms with Crippen LogP contribution in [0.2, 0.25) is 0 Å². The number of nitrogens with one attached hydrogen (secondary N) is 1. The van der Waals surface area contributed by atoms with Gasteiger partial charge in [-0.25, -0.2) is 4.79 Å². The number of cyclic esters (lactones) is 1. The van der Waals surface area contributed by atoms with Crippen LogP contribution < -0.4 is 14.8 Å². The Morgan fingerprint density at radius 3 is 2.52 bits per heavy atom. The lowest BCUT2D eigenvalue weighted by Gasteiger charge is -2.13. The molecule has 1 N–H and O–H groups in total. The standard InChI is InChI=1S/C19H19NO5/c1-23-15-9-7-13(8-10-16-18(21)20-19(22)25-16)11-17(15)24-12-14-5-3-2-4-6-14/h2-7,9,11,16H,8,10,12H2,1H3,(H,20,21,22). The Morgan fingerprint density at radius 1 is 1.04 bits per heavy atom. The Hall–Kier alpha value is -3.02. The van der Waals surface area contributed by atoms with Gasteiger partial charge in [-0.1, -0.05) is 36.4 Å². The molecular formula is C19H19NO5. The molecular weight excluding hydrogens is 322 g/mol. The average Bonchev–Trinajstić information content (AvgIpc) is 2.96. The molecule has 1 unspecified atom stereocenters. The van der Waals surface area contributed by atoms with Gasteiger partial charge in [-0.15, -0.1) is 0 Å². The van der Waals surface area contributed by atoms with Gasteiger partial charge in [0.25, 0.3) is 5.91 Å². The summed E-state index contributed by atoms with van der Waals surface area (Å²) in [6.07, 6.45) is -0.418. The number of hydrogen-bond donors (Lipinski definition) is 1. The van der Waals surface area contributed by atoms with E-state index in [-0.39, 0.29) is 5.91 Å². The Bertz CT molecular complexity index is 760. The average molecular weight is 341 g/mol. The quantitative estimate of drug-likeness (QED) is 0.838. The van der Waals surface area contributed by atoms with Crippen LogP contribution in [0, 0.1) is 0 Å². The molecule has 1 atom stereocenters. The maximum atomic E-state index is 11.5. The molecule has 2 aromatic carbocycles. The minimum absolute atomic E-state index is 0.390. The fourth-order valence-corrected chi connectivity index (χ4v) is 2.61. The van der Waals surface area contributed by atoms with E-state index in [9.17, 15) is 9.59 Å². The minimum Gasteiger partial charge on any atom is -0.493 e. The van der Waals surface area contributed by atoms with Crippen molar-refractivity contribution in [3.05, 3.63) is 59.7 Å². The third-order valence-corrected chi connectivity index (χ3v) is 3.93. The van der Waals surface area contributed by atoms with Crippen molar-refractivity contribution in [2.75, 3.05) is 7.11 Å². The monoisotopic (exact) mass is 341 g/mol. The summed E-state index contributed by atoms with van der Waals surface area (Å²) in [6, 6.07) is 15.5. The first-order valence-electron chi connectivity index (χ1n) is 8.01. The molecule has 0 spiro atoms. The van der Waals surface area contributed by atoms with Crippen LogP contribution in [0.1, 0.15) is 17.5 Å². The van der Waals surface area contributed by atoms with Crippen LogP contribution in [0.15, 0.2) is 48.5 Å². The number of ether oxygens (including phenoxy) is 3. The molecule has 6 nitrogen and oxygen atoms in total. The summed E-state index contributed by atoms with van der Waals surface area (Å²) >= 11 is 0. The molecule has 0 saturated carbocycles. The van der Waals surface area contributed by atoms with Crippen LogP contribution in [0.3, 0.4) is 0 Å². The first-order chi connectivity index (χ1) is 12.2. The van der Waals surface area contributed by atoms with Crippen LogP contribution in [0.25, 0.3) is 0 Å². The van der Waals surface area contributed by atoms with Crippen molar-refractivity contribution < 1.29 is 23.8 Å². The van der Waals surface area contributed by atoms with Gasteiger partial charge in [0.2, 0.25) is 0 Å². The molecule has 2 aromatic rings. The van der Waals surface area contributed by atoms with Crippen molar-refractivity contribution in [1.29, 1.82) is 0 Å². The number of alkyl carbamates (subject to hydrolysis) is 1. The largest absolute Gasteiger partial charge is 0.493 e. The van der Waals surface area contributed by atoms with Crippen LogP contribution in [0.4, 0.5) is 4.79 Å². The summed E-state index contributed by atoms with van der Waals surface area (Å²) in [7, 11) is 1.59. The fraction of sp³-hybridized carbons (Fsp3) is 0.263. The highest BCUT2D eigenvalue weighted by Gasteiger charge is 2.31. The summed E-state index contributed by atoms with van der Waals surface area (Å²) < 4.78 is 16.1. The lowest BCUT2D eigenvalue weighted by atomic mass is 10.1. The van der Waals surface area contributed by atoms with Gasteiger partial charge in [0.05, 0.1) is 7.11 Å². The van der Waals surface area contributed by atoms with Crippen LogP contribution in [-0.4, -0.2) is 25.2 Å². The van der Waals surface area contributed by atoms with Crippen molar-refractivity contribution in [3.8, 4) is 11.5 Å². The molecule has 0 aliphatic carbocycles. The van der Waals surface area contributed by atoms with Gasteiger partial charge in [-0.3, -0.25) is 10.1 Å². The molecule has 0 bridgehead atoms. The molecule has 1 heterocycles. The number of hydrogen-bond acceptors (Lipinski definition) is 5. The number of amides is 2. The maximum Gasteiger partial charge on any atom is 0.414 e. The zero-order chi connectivity index (χ0) is 17.6. The van der Waals surface area contributed by atoms with Crippen molar-refractivity contribution >= 4 is 12.0 Å². The van der Waals surface area contributed by atoms with Gasteiger partial charge in [0.1, 0.15) is 6.61 Å². The van der Waals surface area contributed by atoms with Gasteiger partial charge in [0.15, 0.2) is 17.6 Å². The number of rotatable bonds is 7. The van der Waals surface area contributed by atoms with E-state index in [2.05, 4.69) is 5.32 Å². The molecule has 6 heteroatoms. The van der Waals surface area contributed by atoms with E-state index in [1.165, 1.54) is 0 Å². The SMILES string of the molecule is COc1ccc(CCC2OC(=O)NC2=O)cc1OCc1ccccc1. The molecule has 1 saturated heterocycles. The van der Waals surface area contributed by atoms with Crippen molar-refractivity contribution in [2.24, 2.45) is 0 Å². The number of imide groups is 1. The summed E-state index contributed by atoms with van der Waals surface area (Å²) in [5.41, 5.74) is 2.03. The molecule has 25 heavy (non-hydrogen) atoms. The van der Waals surface area contributed by atoms with E-state index >= 15 is 0 Å². The van der Waals surface area contributed by atoms with E-state index in [1.807, 2.05) is 48.5 Å².